The zero-order valence-electron chi connectivity index (χ0n) is 23.1. The molecule has 40 heavy (non-hydrogen) atoms. The maximum Gasteiger partial charge on any atom is 0.496 e. The number of anilines is 2. The summed E-state index contributed by atoms with van der Waals surface area (Å²) in [6.45, 7) is 8.05. The molecule has 0 bridgehead atoms. The van der Waals surface area contributed by atoms with Gasteiger partial charge in [-0.25, -0.2) is 0 Å². The summed E-state index contributed by atoms with van der Waals surface area (Å²) in [6, 6.07) is 11.3. The molecule has 7 nitrogen and oxygen atoms in total. The number of carbonyl (C=O) groups excluding carboxylic acids is 2. The number of nitrogens with zero attached hydrogens (tertiary/aromatic N) is 1. The van der Waals surface area contributed by atoms with Gasteiger partial charge >= 0.3 is 7.12 Å². The van der Waals surface area contributed by atoms with E-state index in [0.29, 0.717) is 24.3 Å². The first kappa shape index (κ1) is 28.6. The Bertz CT molecular complexity index is 1450. The van der Waals surface area contributed by atoms with Crippen LogP contribution in [0.5, 0.6) is 0 Å². The summed E-state index contributed by atoms with van der Waals surface area (Å²) in [4.78, 5) is 27.1. The van der Waals surface area contributed by atoms with Gasteiger partial charge in [0.05, 0.1) is 11.2 Å². The molecule has 0 aliphatic carbocycles. The molecule has 1 fully saturated rings. The highest BCUT2D eigenvalue weighted by molar-refractivity contribution is 6.66. The molecule has 2 aromatic carbocycles. The predicted octanol–water partition coefficient (Wildman–Crippen LogP) is 5.73. The lowest BCUT2D eigenvalue weighted by molar-refractivity contribution is -0.117. The minimum absolute atomic E-state index is 0.0321. The number of pyridine rings is 1. The van der Waals surface area contributed by atoms with Crippen molar-refractivity contribution in [1.82, 2.24) is 4.98 Å². The lowest BCUT2D eigenvalue weighted by atomic mass is 9.73. The highest BCUT2D eigenvalue weighted by Gasteiger charge is 2.53. The maximum absolute atomic E-state index is 11.5. The maximum atomic E-state index is 11.5. The van der Waals surface area contributed by atoms with Crippen LogP contribution >= 0.6 is 23.2 Å². The number of hydrogen-bond acceptors (Lipinski definition) is 5. The summed E-state index contributed by atoms with van der Waals surface area (Å²) < 4.78 is 12.2. The van der Waals surface area contributed by atoms with Crippen molar-refractivity contribution < 1.29 is 18.9 Å². The monoisotopic (exact) mass is 579 g/mol. The van der Waals surface area contributed by atoms with Gasteiger partial charge in [0.15, 0.2) is 0 Å². The second-order valence-electron chi connectivity index (χ2n) is 11.3. The Morgan fingerprint density at radius 1 is 0.825 bits per heavy atom. The summed E-state index contributed by atoms with van der Waals surface area (Å²) in [7, 11) is -0.507. The topological polar surface area (TPSA) is 89.5 Å². The van der Waals surface area contributed by atoms with Crippen molar-refractivity contribution in [3.8, 4) is 0 Å². The summed E-state index contributed by atoms with van der Waals surface area (Å²) in [6.07, 6.45) is 6.72. The molecule has 1 aromatic heterocycles. The van der Waals surface area contributed by atoms with Gasteiger partial charge in [-0.1, -0.05) is 29.3 Å². The van der Waals surface area contributed by atoms with Gasteiger partial charge in [-0.05, 0) is 93.1 Å². The normalized spacial score (nSPS) is 18.6. The molecule has 0 unspecified atom stereocenters. The van der Waals surface area contributed by atoms with Crippen LogP contribution in [0.2, 0.25) is 10.0 Å². The van der Waals surface area contributed by atoms with Crippen LogP contribution in [0.15, 0.2) is 48.8 Å². The molecular formula is C30H32BCl2N3O4. The molecule has 2 amide bonds. The number of rotatable bonds is 3. The Morgan fingerprint density at radius 3 is 2.00 bits per heavy atom. The zero-order valence-corrected chi connectivity index (χ0v) is 24.6. The van der Waals surface area contributed by atoms with Crippen molar-refractivity contribution in [2.45, 2.75) is 71.0 Å². The molecule has 0 atom stereocenters. The van der Waals surface area contributed by atoms with Gasteiger partial charge in [-0.3, -0.25) is 14.6 Å². The zero-order chi connectivity index (χ0) is 28.7. The summed E-state index contributed by atoms with van der Waals surface area (Å²) in [5, 5.41) is 7.15. The van der Waals surface area contributed by atoms with Crippen molar-refractivity contribution >= 4 is 59.0 Å². The average Bonchev–Trinajstić information content (AvgIpc) is 3.12. The van der Waals surface area contributed by atoms with E-state index >= 15 is 0 Å². The minimum atomic E-state index is -0.507. The van der Waals surface area contributed by atoms with Crippen molar-refractivity contribution in [2.75, 3.05) is 10.6 Å². The quantitative estimate of drug-likeness (QED) is 0.387. The van der Waals surface area contributed by atoms with E-state index in [0.717, 1.165) is 57.0 Å². The Morgan fingerprint density at radius 2 is 1.40 bits per heavy atom. The predicted molar refractivity (Wildman–Crippen MR) is 160 cm³/mol. The number of fused-ring (bicyclic) bond motifs is 2. The molecule has 2 N–H and O–H groups in total. The van der Waals surface area contributed by atoms with Crippen molar-refractivity contribution in [2.24, 2.45) is 0 Å². The fourth-order valence-electron chi connectivity index (χ4n) is 5.11. The molecule has 3 aliphatic heterocycles. The van der Waals surface area contributed by atoms with E-state index in [2.05, 4.69) is 15.6 Å². The van der Waals surface area contributed by atoms with Crippen LogP contribution in [0.1, 0.15) is 62.8 Å². The Balaban J connectivity index is 0.000000162. The van der Waals surface area contributed by atoms with E-state index in [-0.39, 0.29) is 11.8 Å². The Kier molecular flexibility index (Phi) is 7.99. The number of carbonyl (C=O) groups is 2. The Labute approximate surface area is 245 Å². The first-order valence-electron chi connectivity index (χ1n) is 13.4. The van der Waals surface area contributed by atoms with Crippen LogP contribution in [0, 0.1) is 0 Å². The fourth-order valence-corrected chi connectivity index (χ4v) is 5.62. The van der Waals surface area contributed by atoms with Gasteiger partial charge in [0.1, 0.15) is 0 Å². The molecule has 0 saturated carbocycles. The van der Waals surface area contributed by atoms with Crippen LogP contribution in [-0.4, -0.2) is 35.1 Å². The van der Waals surface area contributed by atoms with Crippen LogP contribution in [0.25, 0.3) is 0 Å². The summed E-state index contributed by atoms with van der Waals surface area (Å²) in [5.41, 5.74) is 6.08. The van der Waals surface area contributed by atoms with E-state index < -0.39 is 18.3 Å². The molecule has 0 radical (unpaired) electrons. The van der Waals surface area contributed by atoms with E-state index in [1.54, 1.807) is 12.3 Å². The first-order chi connectivity index (χ1) is 18.9. The SMILES string of the molecule is CC1(C)OB(c2c(Cl)ccc3c2CCC(=O)N3)OC1(C)C.O=C1CCc2c(ccc(Cl)c2Cc2cccnc2)N1. The third kappa shape index (κ3) is 5.77. The fraction of sp³-hybridized carbons (Fsp3) is 0.367. The molecule has 1 saturated heterocycles. The highest BCUT2D eigenvalue weighted by atomic mass is 35.5. The molecule has 4 heterocycles. The van der Waals surface area contributed by atoms with E-state index in [1.165, 1.54) is 0 Å². The number of nitrogens with one attached hydrogen (secondary N) is 2. The van der Waals surface area contributed by atoms with E-state index in [4.69, 9.17) is 32.5 Å². The van der Waals surface area contributed by atoms with Crippen LogP contribution in [-0.2, 0) is 38.2 Å². The third-order valence-electron chi connectivity index (χ3n) is 8.02. The number of hydrogen-bond donors (Lipinski definition) is 2. The van der Waals surface area contributed by atoms with Crippen LogP contribution in [0.4, 0.5) is 11.4 Å². The Hall–Kier alpha value is -2.91. The molecule has 3 aliphatic rings. The van der Waals surface area contributed by atoms with Gasteiger partial charge in [0.25, 0.3) is 0 Å². The van der Waals surface area contributed by atoms with Gasteiger partial charge in [-0.2, -0.15) is 0 Å². The smallest absolute Gasteiger partial charge is 0.399 e. The number of amides is 2. The second kappa shape index (κ2) is 11.2. The third-order valence-corrected chi connectivity index (χ3v) is 8.71. The molecule has 0 spiro atoms. The second-order valence-corrected chi connectivity index (χ2v) is 12.1. The lowest BCUT2D eigenvalue weighted by Gasteiger charge is -2.32. The molecule has 208 valence electrons. The first-order valence-corrected chi connectivity index (χ1v) is 14.2. The molecule has 3 aromatic rings. The van der Waals surface area contributed by atoms with Crippen LogP contribution in [0.3, 0.4) is 0 Å². The summed E-state index contributed by atoms with van der Waals surface area (Å²) >= 11 is 12.7. The minimum Gasteiger partial charge on any atom is -0.399 e. The molecule has 10 heteroatoms. The van der Waals surface area contributed by atoms with E-state index in [9.17, 15) is 9.59 Å². The van der Waals surface area contributed by atoms with Crippen molar-refractivity contribution in [3.05, 3.63) is 81.1 Å². The van der Waals surface area contributed by atoms with Gasteiger partial charge < -0.3 is 19.9 Å². The lowest BCUT2D eigenvalue weighted by Crippen LogP contribution is -2.41. The van der Waals surface area contributed by atoms with Crippen molar-refractivity contribution in [3.63, 3.8) is 0 Å². The number of aromatic nitrogens is 1. The standard InChI is InChI=1S/C15H19BClNO3.C15H13ClN2O/c1-14(2)15(3,4)21-16(20-14)13-9-5-8-12(19)18-11(9)7-6-10(13)17;16-13-4-5-14-11(3-6-15(19)18-14)12(13)8-10-2-1-7-17-9-10/h6-7H,5,8H2,1-4H3,(H,18,19);1-2,4-5,7,9H,3,6,8H2,(H,18,19). The molecule has 6 rings (SSSR count). The number of halogens is 2. The van der Waals surface area contributed by atoms with Gasteiger partial charge in [0.2, 0.25) is 11.8 Å². The number of benzene rings is 2. The summed E-state index contributed by atoms with van der Waals surface area (Å²) in [5.74, 6) is 0.104. The highest BCUT2D eigenvalue weighted by Crippen LogP contribution is 2.38. The van der Waals surface area contributed by atoms with Gasteiger partial charge in [0, 0.05) is 58.5 Å². The largest absolute Gasteiger partial charge is 0.496 e. The molecular weight excluding hydrogens is 548 g/mol. The van der Waals surface area contributed by atoms with Crippen molar-refractivity contribution in [1.29, 1.82) is 0 Å². The van der Waals surface area contributed by atoms with E-state index in [1.807, 2.05) is 64.2 Å². The van der Waals surface area contributed by atoms with Gasteiger partial charge in [-0.15, -0.1) is 0 Å². The average molecular weight is 580 g/mol. The van der Waals surface area contributed by atoms with Crippen LogP contribution < -0.4 is 16.1 Å².